The quantitative estimate of drug-likeness (QED) is 0.523. The van der Waals surface area contributed by atoms with Crippen molar-refractivity contribution in [3.05, 3.63) is 45.6 Å². The van der Waals surface area contributed by atoms with Crippen LogP contribution in [0.4, 0.5) is 16.3 Å². The first-order valence-corrected chi connectivity index (χ1v) is 11.4. The van der Waals surface area contributed by atoms with Crippen molar-refractivity contribution in [1.82, 2.24) is 19.9 Å². The fraction of sp³-hybridized carbons (Fsp3) is 0.409. The van der Waals surface area contributed by atoms with Crippen LogP contribution in [0.25, 0.3) is 10.1 Å². The monoisotopic (exact) mass is 470 g/mol. The standard InChI is InChI=1S/C22H26N6O4S/c1-22(2,3)32-21(31)27-17-8-16-12(9-24-17)7-13(33-16)10-26-19(29)15-5-6-18-25-11-14(23-4)20(30)28(15)18/h7-9,11,15,23H,5-6,10H2,1-4H3,(H,26,29)(H,24,27,31). The fourth-order valence-corrected chi connectivity index (χ4v) is 4.68. The van der Waals surface area contributed by atoms with E-state index < -0.39 is 17.7 Å². The van der Waals surface area contributed by atoms with Crippen LogP contribution >= 0.6 is 11.3 Å². The highest BCUT2D eigenvalue weighted by Crippen LogP contribution is 2.28. The minimum atomic E-state index is -0.599. The molecule has 1 aliphatic rings. The van der Waals surface area contributed by atoms with Gasteiger partial charge in [0.15, 0.2) is 0 Å². The molecule has 0 spiro atoms. The van der Waals surface area contributed by atoms with Gasteiger partial charge in [-0.15, -0.1) is 11.3 Å². The highest BCUT2D eigenvalue weighted by atomic mass is 32.1. The maximum atomic E-state index is 12.8. The first-order chi connectivity index (χ1) is 15.6. The number of anilines is 2. The first-order valence-electron chi connectivity index (χ1n) is 10.6. The number of hydrogen-bond acceptors (Lipinski definition) is 8. The lowest BCUT2D eigenvalue weighted by molar-refractivity contribution is -0.124. The fourth-order valence-electron chi connectivity index (χ4n) is 3.67. The van der Waals surface area contributed by atoms with E-state index in [0.717, 1.165) is 15.0 Å². The number of fused-ring (bicyclic) bond motifs is 2. The Kier molecular flexibility index (Phi) is 6.07. The van der Waals surface area contributed by atoms with E-state index in [2.05, 4.69) is 25.9 Å². The zero-order valence-corrected chi connectivity index (χ0v) is 19.7. The molecule has 0 radical (unpaired) electrons. The molecule has 174 valence electrons. The molecule has 0 saturated heterocycles. The summed E-state index contributed by atoms with van der Waals surface area (Å²) in [6.45, 7) is 5.70. The summed E-state index contributed by atoms with van der Waals surface area (Å²) in [7, 11) is 1.65. The van der Waals surface area contributed by atoms with Crippen LogP contribution in [-0.2, 0) is 22.5 Å². The van der Waals surface area contributed by atoms with Gasteiger partial charge in [-0.1, -0.05) is 0 Å². The van der Waals surface area contributed by atoms with Crippen molar-refractivity contribution < 1.29 is 14.3 Å². The van der Waals surface area contributed by atoms with Crippen molar-refractivity contribution in [2.45, 2.75) is 51.8 Å². The summed E-state index contributed by atoms with van der Waals surface area (Å²) < 4.78 is 7.65. The molecule has 4 rings (SSSR count). The lowest BCUT2D eigenvalue weighted by Gasteiger charge is -2.19. The molecule has 0 bridgehead atoms. The molecular formula is C22H26N6O4S. The molecule has 3 N–H and O–H groups in total. The second-order valence-electron chi connectivity index (χ2n) is 8.73. The molecule has 3 aromatic rings. The topological polar surface area (TPSA) is 127 Å². The molecule has 0 aliphatic carbocycles. The molecule has 3 aromatic heterocycles. The van der Waals surface area contributed by atoms with Gasteiger partial charge in [-0.25, -0.2) is 14.8 Å². The lowest BCUT2D eigenvalue weighted by atomic mass is 10.2. The summed E-state index contributed by atoms with van der Waals surface area (Å²) in [5, 5.41) is 9.29. The Morgan fingerprint density at radius 2 is 2.03 bits per heavy atom. The predicted molar refractivity (Wildman–Crippen MR) is 127 cm³/mol. The Balaban J connectivity index is 1.43. The summed E-state index contributed by atoms with van der Waals surface area (Å²) >= 11 is 1.49. The molecule has 4 heterocycles. The molecule has 0 saturated carbocycles. The summed E-state index contributed by atoms with van der Waals surface area (Å²) in [6, 6.07) is 3.14. The van der Waals surface area contributed by atoms with Gasteiger partial charge in [0.2, 0.25) is 5.91 Å². The van der Waals surface area contributed by atoms with Crippen molar-refractivity contribution in [3.8, 4) is 0 Å². The summed E-state index contributed by atoms with van der Waals surface area (Å²) in [4.78, 5) is 46.9. The lowest BCUT2D eigenvalue weighted by Crippen LogP contribution is -2.36. The van der Waals surface area contributed by atoms with E-state index in [1.807, 2.05) is 6.07 Å². The third-order valence-corrected chi connectivity index (χ3v) is 6.21. The van der Waals surface area contributed by atoms with E-state index in [4.69, 9.17) is 4.74 Å². The molecule has 10 nitrogen and oxygen atoms in total. The number of carbonyl (C=O) groups excluding carboxylic acids is 2. The maximum absolute atomic E-state index is 12.8. The van der Waals surface area contributed by atoms with E-state index in [9.17, 15) is 14.4 Å². The van der Waals surface area contributed by atoms with Crippen molar-refractivity contribution in [1.29, 1.82) is 0 Å². The van der Waals surface area contributed by atoms with Crippen molar-refractivity contribution in [2.75, 3.05) is 17.7 Å². The molecule has 1 atom stereocenters. The van der Waals surface area contributed by atoms with Crippen LogP contribution in [0.3, 0.4) is 0 Å². The van der Waals surface area contributed by atoms with Crippen LogP contribution in [-0.4, -0.2) is 39.2 Å². The van der Waals surface area contributed by atoms with Gasteiger partial charge in [0.05, 0.1) is 12.7 Å². The third-order valence-electron chi connectivity index (χ3n) is 5.11. The smallest absolute Gasteiger partial charge is 0.413 e. The number of aromatic nitrogens is 3. The van der Waals surface area contributed by atoms with Crippen LogP contribution in [0.2, 0.25) is 0 Å². The van der Waals surface area contributed by atoms with Gasteiger partial charge in [-0.2, -0.15) is 0 Å². The molecule has 33 heavy (non-hydrogen) atoms. The summed E-state index contributed by atoms with van der Waals surface area (Å²) in [5.41, 5.74) is -0.470. The average Bonchev–Trinajstić information content (AvgIpc) is 3.35. The summed E-state index contributed by atoms with van der Waals surface area (Å²) in [6.07, 6.45) is 3.73. The number of ether oxygens (including phenoxy) is 1. The van der Waals surface area contributed by atoms with Gasteiger partial charge in [-0.3, -0.25) is 19.5 Å². The molecule has 0 aromatic carbocycles. The van der Waals surface area contributed by atoms with E-state index in [1.54, 1.807) is 40.1 Å². The number of rotatable bonds is 5. The number of aryl methyl sites for hydroxylation is 1. The Bertz CT molecular complexity index is 1280. The van der Waals surface area contributed by atoms with E-state index in [1.165, 1.54) is 22.1 Å². The first kappa shape index (κ1) is 22.7. The van der Waals surface area contributed by atoms with Gasteiger partial charge < -0.3 is 15.4 Å². The number of carbonyl (C=O) groups is 2. The van der Waals surface area contributed by atoms with Crippen LogP contribution in [0, 0.1) is 0 Å². The van der Waals surface area contributed by atoms with Gasteiger partial charge in [-0.05, 0) is 39.3 Å². The van der Waals surface area contributed by atoms with Gasteiger partial charge in [0.25, 0.3) is 5.56 Å². The van der Waals surface area contributed by atoms with Crippen LogP contribution in [0.1, 0.15) is 43.9 Å². The largest absolute Gasteiger partial charge is 0.444 e. The number of pyridine rings is 1. The molecule has 0 fully saturated rings. The zero-order valence-electron chi connectivity index (χ0n) is 18.9. The second kappa shape index (κ2) is 8.81. The Morgan fingerprint density at radius 1 is 1.24 bits per heavy atom. The Hall–Kier alpha value is -3.47. The van der Waals surface area contributed by atoms with Gasteiger partial charge in [0.1, 0.15) is 29.0 Å². The van der Waals surface area contributed by atoms with Crippen molar-refractivity contribution in [3.63, 3.8) is 0 Å². The second-order valence-corrected chi connectivity index (χ2v) is 9.90. The van der Waals surface area contributed by atoms with Crippen molar-refractivity contribution >= 4 is 44.9 Å². The van der Waals surface area contributed by atoms with Crippen LogP contribution in [0.5, 0.6) is 0 Å². The number of amides is 2. The summed E-state index contributed by atoms with van der Waals surface area (Å²) in [5.74, 6) is 0.801. The maximum Gasteiger partial charge on any atom is 0.413 e. The van der Waals surface area contributed by atoms with Gasteiger partial charge >= 0.3 is 6.09 Å². The molecule has 1 aliphatic heterocycles. The van der Waals surface area contributed by atoms with Crippen molar-refractivity contribution in [2.24, 2.45) is 0 Å². The predicted octanol–water partition coefficient (Wildman–Crippen LogP) is 3.05. The number of nitrogens with one attached hydrogen (secondary N) is 3. The zero-order chi connectivity index (χ0) is 23.8. The molecule has 2 amide bonds. The van der Waals surface area contributed by atoms with Crippen LogP contribution < -0.4 is 21.5 Å². The van der Waals surface area contributed by atoms with E-state index >= 15 is 0 Å². The minimum absolute atomic E-state index is 0.214. The van der Waals surface area contributed by atoms with Crippen LogP contribution in [0.15, 0.2) is 29.3 Å². The Labute approximate surface area is 194 Å². The highest BCUT2D eigenvalue weighted by Gasteiger charge is 2.30. The average molecular weight is 471 g/mol. The number of nitrogens with zero attached hydrogens (tertiary/aromatic N) is 3. The van der Waals surface area contributed by atoms with E-state index in [0.29, 0.717) is 36.7 Å². The highest BCUT2D eigenvalue weighted by molar-refractivity contribution is 7.19. The minimum Gasteiger partial charge on any atom is -0.444 e. The molecule has 1 unspecified atom stereocenters. The Morgan fingerprint density at radius 3 is 2.76 bits per heavy atom. The number of thiophene rings is 1. The molecular weight excluding hydrogens is 444 g/mol. The number of hydrogen-bond donors (Lipinski definition) is 3. The molecule has 11 heteroatoms. The SMILES string of the molecule is CNc1cnc2n(c1=O)C(C(=O)NCc1cc3cnc(NC(=O)OC(C)(C)C)cc3s1)CC2. The third kappa shape index (κ3) is 4.98. The normalized spacial score (nSPS) is 15.2. The van der Waals surface area contributed by atoms with E-state index in [-0.39, 0.29) is 11.5 Å². The van der Waals surface area contributed by atoms with Gasteiger partial charge in [0, 0.05) is 34.6 Å².